The predicted octanol–water partition coefficient (Wildman–Crippen LogP) is -0.454. The third-order valence-corrected chi connectivity index (χ3v) is 6.54. The maximum Gasteiger partial charge on any atom is 0.277 e. The number of carbonyl (C=O) groups is 2. The average Bonchev–Trinajstić information content (AvgIpc) is 2.66. The number of nitrogens with two attached hydrogens (primary N) is 1. The van der Waals surface area contributed by atoms with Crippen molar-refractivity contribution in [3.8, 4) is 0 Å². The van der Waals surface area contributed by atoms with Crippen molar-refractivity contribution in [1.82, 2.24) is 14.5 Å². The Hall–Kier alpha value is -1.97. The Kier molecular flexibility index (Phi) is 8.87. The molecular weight excluding hydrogens is 368 g/mol. The van der Waals surface area contributed by atoms with E-state index < -0.39 is 10.0 Å². The number of hydrogen-bond donors (Lipinski definition) is 2. The molecule has 27 heavy (non-hydrogen) atoms. The van der Waals surface area contributed by atoms with Crippen LogP contribution in [0.1, 0.15) is 32.4 Å². The lowest BCUT2D eigenvalue weighted by Crippen LogP contribution is -2.87. The second-order valence-corrected chi connectivity index (χ2v) is 8.25. The van der Waals surface area contributed by atoms with Gasteiger partial charge in [-0.3, -0.25) is 9.59 Å². The first kappa shape index (κ1) is 23.1. The largest absolute Gasteiger partial charge is 0.358 e. The third-order valence-electron chi connectivity index (χ3n) is 4.48. The van der Waals surface area contributed by atoms with E-state index in [-0.39, 0.29) is 35.8 Å². The van der Waals surface area contributed by atoms with Crippen molar-refractivity contribution >= 4 is 21.8 Å². The third kappa shape index (κ3) is 6.30. The zero-order valence-corrected chi connectivity index (χ0v) is 17.5. The molecule has 1 atom stereocenters. The molecule has 0 saturated heterocycles. The monoisotopic (exact) mass is 399 g/mol. The van der Waals surface area contributed by atoms with Crippen LogP contribution in [0.25, 0.3) is 0 Å². The molecule has 0 unspecified atom stereocenters. The first-order valence-corrected chi connectivity index (χ1v) is 10.5. The standard InChI is InChI=1S/C18H30N4O4S/c1-6-22(7-2)27(25,26)16-10-8-15(9-11-16)14(3)20-12-18(24)21(5)13-17(23)19-4/h8-11,14,20H,6-7,12-13H2,1-5H3,(H,19,23)/p+1/t14-/m1/s1. The molecule has 3 N–H and O–H groups in total. The number of benzene rings is 1. The molecule has 9 heteroatoms. The van der Waals surface area contributed by atoms with E-state index in [2.05, 4.69) is 5.32 Å². The summed E-state index contributed by atoms with van der Waals surface area (Å²) in [5.74, 6) is -0.366. The van der Waals surface area contributed by atoms with Gasteiger partial charge in [0.05, 0.1) is 11.4 Å². The molecule has 152 valence electrons. The first-order chi connectivity index (χ1) is 12.7. The van der Waals surface area contributed by atoms with E-state index in [4.69, 9.17) is 0 Å². The second kappa shape index (κ2) is 10.4. The summed E-state index contributed by atoms with van der Waals surface area (Å²) in [6, 6.07) is 6.74. The summed E-state index contributed by atoms with van der Waals surface area (Å²) in [6.07, 6.45) is 0. The highest BCUT2D eigenvalue weighted by molar-refractivity contribution is 7.89. The number of sulfonamides is 1. The Morgan fingerprint density at radius 2 is 1.70 bits per heavy atom. The molecule has 0 spiro atoms. The quantitative estimate of drug-likeness (QED) is 0.556. The zero-order valence-electron chi connectivity index (χ0n) is 16.7. The zero-order chi connectivity index (χ0) is 20.6. The lowest BCUT2D eigenvalue weighted by Gasteiger charge is -2.19. The Bertz CT molecular complexity index is 730. The van der Waals surface area contributed by atoms with Gasteiger partial charge in [-0.25, -0.2) is 8.42 Å². The lowest BCUT2D eigenvalue weighted by molar-refractivity contribution is -0.683. The van der Waals surface area contributed by atoms with Crippen LogP contribution in [0.4, 0.5) is 0 Å². The summed E-state index contributed by atoms with van der Waals surface area (Å²) >= 11 is 0. The van der Waals surface area contributed by atoms with E-state index >= 15 is 0 Å². The lowest BCUT2D eigenvalue weighted by atomic mass is 10.1. The van der Waals surface area contributed by atoms with E-state index in [1.807, 2.05) is 26.1 Å². The van der Waals surface area contributed by atoms with Crippen LogP contribution in [0.15, 0.2) is 29.2 Å². The molecule has 0 bridgehead atoms. The molecule has 1 aromatic carbocycles. The fourth-order valence-electron chi connectivity index (χ4n) is 2.61. The van der Waals surface area contributed by atoms with Gasteiger partial charge < -0.3 is 15.5 Å². The van der Waals surface area contributed by atoms with E-state index in [1.165, 1.54) is 16.3 Å². The minimum atomic E-state index is -3.47. The molecule has 0 saturated carbocycles. The molecule has 0 aliphatic heterocycles. The molecule has 1 rings (SSSR count). The molecule has 0 heterocycles. The number of amides is 2. The normalized spacial score (nSPS) is 12.7. The van der Waals surface area contributed by atoms with Crippen molar-refractivity contribution in [3.63, 3.8) is 0 Å². The average molecular weight is 400 g/mol. The van der Waals surface area contributed by atoms with E-state index in [0.29, 0.717) is 13.1 Å². The van der Waals surface area contributed by atoms with E-state index in [1.54, 1.807) is 31.3 Å². The maximum absolute atomic E-state index is 12.5. The van der Waals surface area contributed by atoms with Gasteiger partial charge in [0.15, 0.2) is 6.54 Å². The van der Waals surface area contributed by atoms with Gasteiger partial charge in [-0.1, -0.05) is 26.0 Å². The summed E-state index contributed by atoms with van der Waals surface area (Å²) < 4.78 is 26.4. The highest BCUT2D eigenvalue weighted by Gasteiger charge is 2.22. The topological polar surface area (TPSA) is 103 Å². The molecule has 0 aliphatic carbocycles. The minimum Gasteiger partial charge on any atom is -0.358 e. The van der Waals surface area contributed by atoms with Crippen LogP contribution in [0, 0.1) is 0 Å². The molecule has 1 aromatic rings. The van der Waals surface area contributed by atoms with Gasteiger partial charge in [0.1, 0.15) is 6.04 Å². The highest BCUT2D eigenvalue weighted by atomic mass is 32.2. The number of nitrogens with zero attached hydrogens (tertiary/aromatic N) is 2. The van der Waals surface area contributed by atoms with Crippen LogP contribution in [0.2, 0.25) is 0 Å². The summed E-state index contributed by atoms with van der Waals surface area (Å²) in [6.45, 7) is 6.64. The van der Waals surface area contributed by atoms with Gasteiger partial charge in [-0.2, -0.15) is 4.31 Å². The molecule has 2 amide bonds. The van der Waals surface area contributed by atoms with Crippen molar-refractivity contribution in [1.29, 1.82) is 0 Å². The highest BCUT2D eigenvalue weighted by Crippen LogP contribution is 2.18. The van der Waals surface area contributed by atoms with Gasteiger partial charge >= 0.3 is 0 Å². The molecule has 0 fully saturated rings. The van der Waals surface area contributed by atoms with Crippen molar-refractivity contribution < 1.29 is 23.3 Å². The predicted molar refractivity (Wildman–Crippen MR) is 103 cm³/mol. The minimum absolute atomic E-state index is 0.0208. The molecule has 8 nitrogen and oxygen atoms in total. The number of carbonyl (C=O) groups excluding carboxylic acids is 2. The molecule has 0 radical (unpaired) electrons. The Labute approximate surface area is 162 Å². The number of quaternary nitrogens is 1. The van der Waals surface area contributed by atoms with Gasteiger partial charge in [0, 0.05) is 32.7 Å². The smallest absolute Gasteiger partial charge is 0.277 e. The van der Waals surface area contributed by atoms with Crippen LogP contribution in [-0.2, 0) is 19.6 Å². The summed E-state index contributed by atoms with van der Waals surface area (Å²) in [4.78, 5) is 25.1. The van der Waals surface area contributed by atoms with Gasteiger partial charge in [0.2, 0.25) is 15.9 Å². The van der Waals surface area contributed by atoms with Crippen LogP contribution < -0.4 is 10.6 Å². The summed E-state index contributed by atoms with van der Waals surface area (Å²) in [5.41, 5.74) is 0.926. The SMILES string of the molecule is CCN(CC)S(=O)(=O)c1ccc([C@@H](C)[NH2+]CC(=O)N(C)CC(=O)NC)cc1. The Balaban J connectivity index is 2.71. The van der Waals surface area contributed by atoms with Crippen molar-refractivity contribution in [2.45, 2.75) is 31.7 Å². The Morgan fingerprint density at radius 3 is 2.19 bits per heavy atom. The van der Waals surface area contributed by atoms with Crippen molar-refractivity contribution in [3.05, 3.63) is 29.8 Å². The van der Waals surface area contributed by atoms with Crippen LogP contribution in [-0.4, -0.2) is 69.7 Å². The number of hydrogen-bond acceptors (Lipinski definition) is 4. The Morgan fingerprint density at radius 1 is 1.15 bits per heavy atom. The second-order valence-electron chi connectivity index (χ2n) is 6.31. The molecule has 0 aromatic heterocycles. The summed E-state index contributed by atoms with van der Waals surface area (Å²) in [5, 5.41) is 4.34. The fourth-order valence-corrected chi connectivity index (χ4v) is 4.07. The molecule has 0 aliphatic rings. The summed E-state index contributed by atoms with van der Waals surface area (Å²) in [7, 11) is -0.357. The maximum atomic E-state index is 12.5. The van der Waals surface area contributed by atoms with Gasteiger partial charge in [-0.05, 0) is 19.1 Å². The van der Waals surface area contributed by atoms with E-state index in [9.17, 15) is 18.0 Å². The number of rotatable bonds is 10. The number of likely N-dealkylation sites (N-methyl/N-ethyl adjacent to an activating group) is 2. The van der Waals surface area contributed by atoms with Gasteiger partial charge in [-0.15, -0.1) is 0 Å². The van der Waals surface area contributed by atoms with Crippen LogP contribution >= 0.6 is 0 Å². The fraction of sp³-hybridized carbons (Fsp3) is 0.556. The first-order valence-electron chi connectivity index (χ1n) is 9.05. The van der Waals surface area contributed by atoms with Gasteiger partial charge in [0.25, 0.3) is 5.91 Å². The van der Waals surface area contributed by atoms with Crippen LogP contribution in [0.5, 0.6) is 0 Å². The van der Waals surface area contributed by atoms with E-state index in [0.717, 1.165) is 5.56 Å². The molecular formula is C18H31N4O4S+. The van der Waals surface area contributed by atoms with Crippen LogP contribution in [0.3, 0.4) is 0 Å². The van der Waals surface area contributed by atoms with Crippen molar-refractivity contribution in [2.24, 2.45) is 0 Å². The number of nitrogens with one attached hydrogen (secondary N) is 1. The van der Waals surface area contributed by atoms with Crippen molar-refractivity contribution in [2.75, 3.05) is 40.3 Å².